The minimum Gasteiger partial charge on any atom is -0.476 e. The van der Waals surface area contributed by atoms with Crippen molar-refractivity contribution in [2.45, 2.75) is 19.3 Å². The molecule has 0 saturated heterocycles. The molecule has 1 heterocycles. The number of carboxylic acid groups (broad SMARTS) is 1. The van der Waals surface area contributed by atoms with Crippen molar-refractivity contribution in [2.75, 3.05) is 6.61 Å². The van der Waals surface area contributed by atoms with Gasteiger partial charge in [0.15, 0.2) is 5.69 Å². The summed E-state index contributed by atoms with van der Waals surface area (Å²) in [5.74, 6) is -1.19. The van der Waals surface area contributed by atoms with E-state index in [2.05, 4.69) is 10.3 Å². The molecule has 2 aromatic rings. The van der Waals surface area contributed by atoms with E-state index in [-0.39, 0.29) is 18.8 Å². The number of carbonyl (C=O) groups is 1. The van der Waals surface area contributed by atoms with E-state index >= 15 is 0 Å². The number of nitrogens with zero attached hydrogens (tertiary/aromatic N) is 3. The summed E-state index contributed by atoms with van der Waals surface area (Å²) in [4.78, 5) is 10.6. The van der Waals surface area contributed by atoms with Gasteiger partial charge in [-0.3, -0.25) is 0 Å². The number of ether oxygens (including phenoxy) is 1. The molecule has 0 aliphatic rings. The number of hydrogen-bond acceptors (Lipinski definition) is 4. The quantitative estimate of drug-likeness (QED) is 0.831. The molecule has 0 spiro atoms. The van der Waals surface area contributed by atoms with Crippen LogP contribution in [-0.2, 0) is 17.9 Å². The van der Waals surface area contributed by atoms with Gasteiger partial charge in [0, 0.05) is 0 Å². The van der Waals surface area contributed by atoms with Crippen LogP contribution >= 0.6 is 0 Å². The van der Waals surface area contributed by atoms with Crippen molar-refractivity contribution < 1.29 is 19.0 Å². The molecule has 7 heteroatoms. The molecule has 0 radical (unpaired) electrons. The Morgan fingerprint density at radius 2 is 2.15 bits per heavy atom. The molecule has 0 amide bonds. The summed E-state index contributed by atoms with van der Waals surface area (Å²) in [5.41, 5.74) is 0.760. The van der Waals surface area contributed by atoms with Crippen molar-refractivity contribution in [3.63, 3.8) is 0 Å². The van der Waals surface area contributed by atoms with Gasteiger partial charge in [0.05, 0.1) is 26.0 Å². The van der Waals surface area contributed by atoms with E-state index < -0.39 is 12.1 Å². The van der Waals surface area contributed by atoms with Crippen molar-refractivity contribution in [2.24, 2.45) is 0 Å². The van der Waals surface area contributed by atoms with Gasteiger partial charge in [0.2, 0.25) is 0 Å². The van der Waals surface area contributed by atoms with Crippen LogP contribution in [-0.4, -0.2) is 38.8 Å². The molecule has 1 aromatic heterocycles. The highest BCUT2D eigenvalue weighted by Gasteiger charge is 2.12. The van der Waals surface area contributed by atoms with Crippen LogP contribution in [0, 0.1) is 0 Å². The zero-order valence-electron chi connectivity index (χ0n) is 10.6. The van der Waals surface area contributed by atoms with E-state index in [4.69, 9.17) is 9.84 Å². The molecule has 20 heavy (non-hydrogen) atoms. The third kappa shape index (κ3) is 4.13. The van der Waals surface area contributed by atoms with Gasteiger partial charge in [-0.2, -0.15) is 0 Å². The predicted octanol–water partition coefficient (Wildman–Crippen LogP) is 1.53. The molecule has 0 aliphatic heterocycles. The van der Waals surface area contributed by atoms with Crippen molar-refractivity contribution in [1.82, 2.24) is 15.0 Å². The first-order valence-corrected chi connectivity index (χ1v) is 6.04. The van der Waals surface area contributed by atoms with Crippen LogP contribution in [0.5, 0.6) is 0 Å². The number of halogens is 1. The largest absolute Gasteiger partial charge is 0.476 e. The monoisotopic (exact) mass is 279 g/mol. The lowest BCUT2D eigenvalue weighted by Gasteiger charge is -2.08. The number of benzene rings is 1. The first-order valence-electron chi connectivity index (χ1n) is 6.04. The van der Waals surface area contributed by atoms with E-state index in [0.717, 1.165) is 10.2 Å². The highest BCUT2D eigenvalue weighted by Crippen LogP contribution is 2.04. The molecule has 106 valence electrons. The molecule has 2 rings (SSSR count). The van der Waals surface area contributed by atoms with E-state index in [0.29, 0.717) is 6.61 Å². The Kier molecular flexibility index (Phi) is 4.78. The molecule has 1 aromatic carbocycles. The molecule has 1 atom stereocenters. The second-order valence-electron chi connectivity index (χ2n) is 4.23. The van der Waals surface area contributed by atoms with Gasteiger partial charge in [0.25, 0.3) is 0 Å². The second-order valence-corrected chi connectivity index (χ2v) is 4.23. The standard InChI is InChI=1S/C13H14FN3O3/c14-11(6-17-7-12(13(18)19)15-16-17)9-20-8-10-4-2-1-3-5-10/h1-5,7,11H,6,8-9H2,(H,18,19). The summed E-state index contributed by atoms with van der Waals surface area (Å²) in [6.45, 7) is 0.158. The van der Waals surface area contributed by atoms with Crippen molar-refractivity contribution in [3.05, 3.63) is 47.8 Å². The van der Waals surface area contributed by atoms with Crippen LogP contribution in [0.2, 0.25) is 0 Å². The lowest BCUT2D eigenvalue weighted by Crippen LogP contribution is -2.18. The Labute approximate surface area is 114 Å². The fourth-order valence-corrected chi connectivity index (χ4v) is 1.62. The Hall–Kier alpha value is -2.28. The first kappa shape index (κ1) is 14.1. The highest BCUT2D eigenvalue weighted by molar-refractivity contribution is 5.84. The van der Waals surface area contributed by atoms with Gasteiger partial charge in [0.1, 0.15) is 6.17 Å². The van der Waals surface area contributed by atoms with Crippen LogP contribution in [0.3, 0.4) is 0 Å². The minimum absolute atomic E-state index is 0.0862. The van der Waals surface area contributed by atoms with E-state index in [1.807, 2.05) is 30.3 Å². The summed E-state index contributed by atoms with van der Waals surface area (Å²) in [7, 11) is 0. The number of aromatic nitrogens is 3. The van der Waals surface area contributed by atoms with Crippen molar-refractivity contribution in [3.8, 4) is 0 Å². The molecule has 1 N–H and O–H groups in total. The molecule has 0 bridgehead atoms. The van der Waals surface area contributed by atoms with Gasteiger partial charge < -0.3 is 9.84 Å². The summed E-state index contributed by atoms with van der Waals surface area (Å²) in [6, 6.07) is 9.45. The number of aromatic carboxylic acids is 1. The Bertz CT molecular complexity index is 559. The van der Waals surface area contributed by atoms with Gasteiger partial charge in [-0.05, 0) is 5.56 Å². The molecule has 0 fully saturated rings. The normalized spacial score (nSPS) is 12.2. The van der Waals surface area contributed by atoms with E-state index in [1.165, 1.54) is 6.20 Å². The zero-order valence-corrected chi connectivity index (χ0v) is 10.6. The maximum absolute atomic E-state index is 13.6. The SMILES string of the molecule is O=C(O)c1cn(CC(F)COCc2ccccc2)nn1. The lowest BCUT2D eigenvalue weighted by atomic mass is 10.2. The molecule has 6 nitrogen and oxygen atoms in total. The average molecular weight is 279 g/mol. The maximum Gasteiger partial charge on any atom is 0.358 e. The van der Waals surface area contributed by atoms with Crippen molar-refractivity contribution >= 4 is 5.97 Å². The van der Waals surface area contributed by atoms with Crippen LogP contribution in [0.1, 0.15) is 16.1 Å². The number of rotatable bonds is 7. The number of carboxylic acids is 1. The molecular weight excluding hydrogens is 265 g/mol. The molecule has 1 unspecified atom stereocenters. The van der Waals surface area contributed by atoms with Crippen LogP contribution in [0.25, 0.3) is 0 Å². The first-order chi connectivity index (χ1) is 9.65. The molecule has 0 aliphatic carbocycles. The summed E-state index contributed by atoms with van der Waals surface area (Å²) >= 11 is 0. The predicted molar refractivity (Wildman–Crippen MR) is 68.0 cm³/mol. The van der Waals surface area contributed by atoms with E-state index in [9.17, 15) is 9.18 Å². The van der Waals surface area contributed by atoms with Crippen molar-refractivity contribution in [1.29, 1.82) is 0 Å². The van der Waals surface area contributed by atoms with Gasteiger partial charge >= 0.3 is 5.97 Å². The van der Waals surface area contributed by atoms with Gasteiger partial charge in [-0.15, -0.1) is 5.10 Å². The van der Waals surface area contributed by atoms with Crippen LogP contribution < -0.4 is 0 Å². The molecule has 0 saturated carbocycles. The minimum atomic E-state index is -1.28. The fourth-order valence-electron chi connectivity index (χ4n) is 1.62. The van der Waals surface area contributed by atoms with Gasteiger partial charge in [-0.25, -0.2) is 13.9 Å². The summed E-state index contributed by atoms with van der Waals surface area (Å²) in [5, 5.41) is 15.6. The maximum atomic E-state index is 13.6. The summed E-state index contributed by atoms with van der Waals surface area (Å²) in [6.07, 6.45) is -0.0893. The Morgan fingerprint density at radius 3 is 2.80 bits per heavy atom. The number of alkyl halides is 1. The Morgan fingerprint density at radius 1 is 1.40 bits per heavy atom. The topological polar surface area (TPSA) is 77.2 Å². The summed E-state index contributed by atoms with van der Waals surface area (Å²) < 4.78 is 20.0. The fraction of sp³-hybridized carbons (Fsp3) is 0.308. The second kappa shape index (κ2) is 6.76. The zero-order chi connectivity index (χ0) is 14.4. The van der Waals surface area contributed by atoms with Crippen LogP contribution in [0.4, 0.5) is 4.39 Å². The average Bonchev–Trinajstić information content (AvgIpc) is 2.88. The Balaban J connectivity index is 1.74. The van der Waals surface area contributed by atoms with E-state index in [1.54, 1.807) is 0 Å². The highest BCUT2D eigenvalue weighted by atomic mass is 19.1. The number of hydrogen-bond donors (Lipinski definition) is 1. The third-order valence-corrected chi connectivity index (χ3v) is 2.55. The van der Waals surface area contributed by atoms with Crippen LogP contribution in [0.15, 0.2) is 36.5 Å². The van der Waals surface area contributed by atoms with Gasteiger partial charge in [-0.1, -0.05) is 35.5 Å². The lowest BCUT2D eigenvalue weighted by molar-refractivity contribution is 0.0614. The molecular formula is C13H14FN3O3. The third-order valence-electron chi connectivity index (χ3n) is 2.55. The smallest absolute Gasteiger partial charge is 0.358 e.